The monoisotopic (exact) mass is 406 g/mol. The molecule has 1 atom stereocenters. The molecular formula is C22H22N4O2S. The van der Waals surface area contributed by atoms with Crippen molar-refractivity contribution in [2.24, 2.45) is 5.73 Å². The molecule has 1 fully saturated rings. The van der Waals surface area contributed by atoms with Gasteiger partial charge >= 0.3 is 0 Å². The van der Waals surface area contributed by atoms with Crippen LogP contribution in [-0.4, -0.2) is 23.3 Å². The zero-order valence-corrected chi connectivity index (χ0v) is 16.6. The van der Waals surface area contributed by atoms with Crippen LogP contribution in [0.3, 0.4) is 0 Å². The summed E-state index contributed by atoms with van der Waals surface area (Å²) in [6, 6.07) is 12.3. The molecular weight excluding hydrogens is 384 g/mol. The Balaban J connectivity index is 1.33. The molecule has 1 aromatic carbocycles. The van der Waals surface area contributed by atoms with E-state index >= 15 is 0 Å². The number of hydrogen-bond acceptors (Lipinski definition) is 5. The van der Waals surface area contributed by atoms with Crippen molar-refractivity contribution in [3.05, 3.63) is 82.3 Å². The van der Waals surface area contributed by atoms with Crippen LogP contribution in [0.2, 0.25) is 0 Å². The summed E-state index contributed by atoms with van der Waals surface area (Å²) in [6.07, 6.45) is 5.00. The quantitative estimate of drug-likeness (QED) is 0.561. The number of benzene rings is 1. The molecule has 0 aliphatic heterocycles. The zero-order chi connectivity index (χ0) is 20.3. The number of nitrogens with zero attached hydrogens (tertiary/aromatic N) is 1. The summed E-state index contributed by atoms with van der Waals surface area (Å²) in [7, 11) is 0. The summed E-state index contributed by atoms with van der Waals surface area (Å²) in [5, 5.41) is 9.86. The van der Waals surface area contributed by atoms with Gasteiger partial charge in [-0.25, -0.2) is 0 Å². The van der Waals surface area contributed by atoms with E-state index in [-0.39, 0.29) is 23.3 Å². The highest BCUT2D eigenvalue weighted by molar-refractivity contribution is 7.08. The standard InChI is InChI=1S/C22H22N4O2S/c23-19(13-25-21(28)22(8-9-22)17-7-12-29-14-17)15-1-3-16(4-2-15)20(27)26-18-5-10-24-11-6-18/h1-7,10-12,14,19H,8-9,13,23H2,(H,25,28)(H,24,26,27). The first-order chi connectivity index (χ1) is 14.1. The van der Waals surface area contributed by atoms with Crippen LogP contribution in [0.5, 0.6) is 0 Å². The third-order valence-corrected chi connectivity index (χ3v) is 5.96. The number of aromatic nitrogens is 1. The molecule has 0 spiro atoms. The zero-order valence-electron chi connectivity index (χ0n) is 15.8. The lowest BCUT2D eigenvalue weighted by atomic mass is 9.98. The summed E-state index contributed by atoms with van der Waals surface area (Å²) in [4.78, 5) is 28.9. The third-order valence-electron chi connectivity index (χ3n) is 5.28. The SMILES string of the molecule is NC(CNC(=O)C1(c2ccsc2)CC1)c1ccc(C(=O)Nc2ccncc2)cc1. The molecule has 1 unspecified atom stereocenters. The van der Waals surface area contributed by atoms with Crippen molar-refractivity contribution in [3.8, 4) is 0 Å². The Morgan fingerprint density at radius 1 is 1.10 bits per heavy atom. The maximum absolute atomic E-state index is 12.7. The number of thiophene rings is 1. The van der Waals surface area contributed by atoms with E-state index in [0.29, 0.717) is 17.8 Å². The molecule has 1 aliphatic carbocycles. The van der Waals surface area contributed by atoms with Gasteiger partial charge in [0.25, 0.3) is 5.91 Å². The lowest BCUT2D eigenvalue weighted by molar-refractivity contribution is -0.123. The topological polar surface area (TPSA) is 97.1 Å². The van der Waals surface area contributed by atoms with Gasteiger partial charge in [0.2, 0.25) is 5.91 Å². The number of nitrogens with one attached hydrogen (secondary N) is 2. The van der Waals surface area contributed by atoms with E-state index in [1.165, 1.54) is 0 Å². The highest BCUT2D eigenvalue weighted by Crippen LogP contribution is 2.49. The van der Waals surface area contributed by atoms with Gasteiger partial charge < -0.3 is 16.4 Å². The summed E-state index contributed by atoms with van der Waals surface area (Å²) < 4.78 is 0. The van der Waals surface area contributed by atoms with Gasteiger partial charge in [-0.1, -0.05) is 12.1 Å². The average Bonchev–Trinajstić information content (AvgIpc) is 3.38. The van der Waals surface area contributed by atoms with E-state index in [1.807, 2.05) is 29.0 Å². The molecule has 1 saturated carbocycles. The number of carbonyl (C=O) groups excluding carboxylic acids is 2. The molecule has 4 N–H and O–H groups in total. The maximum atomic E-state index is 12.7. The highest BCUT2D eigenvalue weighted by Gasteiger charge is 2.51. The minimum atomic E-state index is -0.366. The molecule has 1 aliphatic rings. The summed E-state index contributed by atoms with van der Waals surface area (Å²) in [5.74, 6) is -0.157. The van der Waals surface area contributed by atoms with Gasteiger partial charge in [-0.05, 0) is 65.1 Å². The van der Waals surface area contributed by atoms with Gasteiger partial charge in [0.15, 0.2) is 0 Å². The van der Waals surface area contributed by atoms with Crippen LogP contribution in [0.15, 0.2) is 65.6 Å². The molecule has 148 valence electrons. The van der Waals surface area contributed by atoms with Crippen molar-refractivity contribution in [3.63, 3.8) is 0 Å². The van der Waals surface area contributed by atoms with Crippen LogP contribution in [0, 0.1) is 0 Å². The van der Waals surface area contributed by atoms with Crippen LogP contribution < -0.4 is 16.4 Å². The van der Waals surface area contributed by atoms with Gasteiger partial charge in [-0.2, -0.15) is 11.3 Å². The predicted octanol–water partition coefficient (Wildman–Crippen LogP) is 3.24. The maximum Gasteiger partial charge on any atom is 0.255 e. The Morgan fingerprint density at radius 2 is 1.83 bits per heavy atom. The number of amides is 2. The predicted molar refractivity (Wildman–Crippen MR) is 114 cm³/mol. The highest BCUT2D eigenvalue weighted by atomic mass is 32.1. The number of nitrogens with two attached hydrogens (primary N) is 1. The number of hydrogen-bond donors (Lipinski definition) is 3. The van der Waals surface area contributed by atoms with Crippen LogP contribution in [0.1, 0.15) is 40.4 Å². The van der Waals surface area contributed by atoms with E-state index < -0.39 is 0 Å². The first-order valence-electron chi connectivity index (χ1n) is 9.46. The fourth-order valence-electron chi connectivity index (χ4n) is 3.32. The summed E-state index contributed by atoms with van der Waals surface area (Å²) in [6.45, 7) is 0.354. The molecule has 6 nitrogen and oxygen atoms in total. The van der Waals surface area contributed by atoms with Crippen molar-refractivity contribution >= 4 is 28.8 Å². The van der Waals surface area contributed by atoms with Gasteiger partial charge in [0.05, 0.1) is 5.41 Å². The Kier molecular flexibility index (Phi) is 5.42. The number of carbonyl (C=O) groups is 2. The van der Waals surface area contributed by atoms with Crippen molar-refractivity contribution in [1.29, 1.82) is 0 Å². The Bertz CT molecular complexity index is 983. The van der Waals surface area contributed by atoms with Gasteiger partial charge in [0.1, 0.15) is 0 Å². The lowest BCUT2D eigenvalue weighted by Crippen LogP contribution is -2.38. The van der Waals surface area contributed by atoms with Gasteiger partial charge in [-0.3, -0.25) is 14.6 Å². The Morgan fingerprint density at radius 3 is 2.45 bits per heavy atom. The van der Waals surface area contributed by atoms with Gasteiger partial charge in [0, 0.05) is 36.2 Å². The minimum absolute atomic E-state index is 0.0414. The van der Waals surface area contributed by atoms with Crippen LogP contribution >= 0.6 is 11.3 Å². The smallest absolute Gasteiger partial charge is 0.255 e. The molecule has 7 heteroatoms. The third kappa shape index (κ3) is 4.21. The van der Waals surface area contributed by atoms with Crippen molar-refractivity contribution in [1.82, 2.24) is 10.3 Å². The van der Waals surface area contributed by atoms with E-state index in [4.69, 9.17) is 5.73 Å². The Labute approximate surface area is 173 Å². The molecule has 4 rings (SSSR count). The number of anilines is 1. The molecule has 0 bridgehead atoms. The number of pyridine rings is 1. The fourth-order valence-corrected chi connectivity index (χ4v) is 4.07. The van der Waals surface area contributed by atoms with E-state index in [1.54, 1.807) is 48.0 Å². The second-order valence-corrected chi connectivity index (χ2v) is 8.00. The van der Waals surface area contributed by atoms with Crippen molar-refractivity contribution in [2.75, 3.05) is 11.9 Å². The first kappa shape index (κ1) is 19.3. The van der Waals surface area contributed by atoms with E-state index in [9.17, 15) is 9.59 Å². The average molecular weight is 407 g/mol. The minimum Gasteiger partial charge on any atom is -0.353 e. The largest absolute Gasteiger partial charge is 0.353 e. The van der Waals surface area contributed by atoms with E-state index in [2.05, 4.69) is 15.6 Å². The lowest BCUT2D eigenvalue weighted by Gasteiger charge is -2.18. The molecule has 29 heavy (non-hydrogen) atoms. The normalized spacial score (nSPS) is 15.3. The molecule has 2 heterocycles. The summed E-state index contributed by atoms with van der Waals surface area (Å²) in [5.41, 5.74) is 9.08. The molecule has 2 aromatic heterocycles. The van der Waals surface area contributed by atoms with Crippen molar-refractivity contribution in [2.45, 2.75) is 24.3 Å². The van der Waals surface area contributed by atoms with Crippen LogP contribution in [0.4, 0.5) is 5.69 Å². The number of rotatable bonds is 7. The molecule has 0 radical (unpaired) electrons. The molecule has 0 saturated heterocycles. The fraction of sp³-hybridized carbons (Fsp3) is 0.227. The van der Waals surface area contributed by atoms with E-state index in [0.717, 1.165) is 24.0 Å². The van der Waals surface area contributed by atoms with Crippen LogP contribution in [-0.2, 0) is 10.2 Å². The molecule has 3 aromatic rings. The van der Waals surface area contributed by atoms with Crippen LogP contribution in [0.25, 0.3) is 0 Å². The first-order valence-corrected chi connectivity index (χ1v) is 10.4. The summed E-state index contributed by atoms with van der Waals surface area (Å²) >= 11 is 1.61. The second kappa shape index (κ2) is 8.14. The van der Waals surface area contributed by atoms with Crippen molar-refractivity contribution < 1.29 is 9.59 Å². The molecule has 2 amide bonds. The van der Waals surface area contributed by atoms with Gasteiger partial charge in [-0.15, -0.1) is 0 Å². The second-order valence-electron chi connectivity index (χ2n) is 7.22. The Hall–Kier alpha value is -3.03.